The molecule has 23 heavy (non-hydrogen) atoms. The fourth-order valence-electron chi connectivity index (χ4n) is 3.49. The van der Waals surface area contributed by atoms with Crippen LogP contribution in [0.3, 0.4) is 0 Å². The van der Waals surface area contributed by atoms with Gasteiger partial charge in [0.25, 0.3) is 0 Å². The summed E-state index contributed by atoms with van der Waals surface area (Å²) in [5, 5.41) is 0. The zero-order valence-corrected chi connectivity index (χ0v) is 14.4. The van der Waals surface area contributed by atoms with E-state index < -0.39 is 0 Å². The fourth-order valence-corrected chi connectivity index (χ4v) is 3.83. The van der Waals surface area contributed by atoms with Crippen molar-refractivity contribution in [2.45, 2.75) is 25.6 Å². The first kappa shape index (κ1) is 14.7. The molecule has 0 N–H and O–H groups in total. The number of hydrogen-bond acceptors (Lipinski definition) is 3. The molecule has 3 aromatic rings. The molecule has 1 unspecified atom stereocenters. The van der Waals surface area contributed by atoms with Crippen LogP contribution in [-0.4, -0.2) is 16.5 Å². The van der Waals surface area contributed by atoms with Crippen molar-refractivity contribution < 1.29 is 4.42 Å². The van der Waals surface area contributed by atoms with Gasteiger partial charge in [-0.05, 0) is 49.2 Å². The predicted octanol–water partition coefficient (Wildman–Crippen LogP) is 3.93. The van der Waals surface area contributed by atoms with E-state index >= 15 is 0 Å². The lowest BCUT2D eigenvalue weighted by Gasteiger charge is -2.25. The Kier molecular flexibility index (Phi) is 3.62. The van der Waals surface area contributed by atoms with Crippen LogP contribution in [0.2, 0.25) is 0 Å². The third-order valence-electron chi connectivity index (χ3n) is 4.63. The summed E-state index contributed by atoms with van der Waals surface area (Å²) >= 11 is 3.41. The molecule has 5 heteroatoms. The number of aryl methyl sites for hydroxylation is 1. The molecule has 2 aromatic carbocycles. The van der Waals surface area contributed by atoms with E-state index in [4.69, 9.17) is 4.42 Å². The summed E-state index contributed by atoms with van der Waals surface area (Å²) in [6.07, 6.45) is 2.19. The normalized spacial score (nSPS) is 17.1. The quantitative estimate of drug-likeness (QED) is 0.698. The number of oxazole rings is 1. The molecule has 1 aromatic heterocycles. The van der Waals surface area contributed by atoms with E-state index in [1.165, 1.54) is 11.1 Å². The van der Waals surface area contributed by atoms with Gasteiger partial charge >= 0.3 is 5.76 Å². The highest BCUT2D eigenvalue weighted by atomic mass is 79.9. The highest BCUT2D eigenvalue weighted by Crippen LogP contribution is 2.35. The average Bonchev–Trinajstić information content (AvgIpc) is 3.09. The van der Waals surface area contributed by atoms with Crippen LogP contribution in [0, 0.1) is 0 Å². The van der Waals surface area contributed by atoms with E-state index in [9.17, 15) is 4.79 Å². The van der Waals surface area contributed by atoms with Crippen LogP contribution >= 0.6 is 15.9 Å². The first-order chi connectivity index (χ1) is 11.1. The number of benzene rings is 2. The van der Waals surface area contributed by atoms with Gasteiger partial charge in [-0.2, -0.15) is 0 Å². The molecule has 0 aliphatic heterocycles. The Morgan fingerprint density at radius 3 is 3.00 bits per heavy atom. The third kappa shape index (κ3) is 2.54. The van der Waals surface area contributed by atoms with E-state index in [0.29, 0.717) is 18.3 Å². The van der Waals surface area contributed by atoms with Gasteiger partial charge in [-0.25, -0.2) is 4.79 Å². The summed E-state index contributed by atoms with van der Waals surface area (Å²) in [4.78, 5) is 14.4. The van der Waals surface area contributed by atoms with Gasteiger partial charge in [-0.1, -0.05) is 40.2 Å². The molecular formula is C18H17BrN2O2. The second-order valence-corrected chi connectivity index (χ2v) is 6.98. The van der Waals surface area contributed by atoms with Gasteiger partial charge in [0.15, 0.2) is 5.58 Å². The largest absolute Gasteiger partial charge is 0.421 e. The zero-order valence-electron chi connectivity index (χ0n) is 12.8. The standard InChI is InChI=1S/C18H17BrN2O2/c1-20(15-8-6-12-4-2-3-5-14(12)15)11-21-16-9-7-13(19)10-17(16)23-18(21)22/h2-5,7,9-10,15H,6,8,11H2,1H3. The first-order valence-electron chi connectivity index (χ1n) is 7.70. The Morgan fingerprint density at radius 2 is 2.13 bits per heavy atom. The van der Waals surface area contributed by atoms with E-state index in [1.54, 1.807) is 4.57 Å². The number of nitrogens with zero attached hydrogens (tertiary/aromatic N) is 2. The van der Waals surface area contributed by atoms with Crippen LogP contribution < -0.4 is 5.76 Å². The number of aromatic nitrogens is 1. The fraction of sp³-hybridized carbons (Fsp3) is 0.278. The van der Waals surface area contributed by atoms with Crippen molar-refractivity contribution in [3.63, 3.8) is 0 Å². The molecule has 1 atom stereocenters. The lowest BCUT2D eigenvalue weighted by atomic mass is 10.1. The minimum atomic E-state index is -0.309. The summed E-state index contributed by atoms with van der Waals surface area (Å²) in [5.41, 5.74) is 4.23. The maximum atomic E-state index is 12.2. The zero-order chi connectivity index (χ0) is 16.0. The van der Waals surface area contributed by atoms with Crippen molar-refractivity contribution in [2.24, 2.45) is 0 Å². The van der Waals surface area contributed by atoms with Gasteiger partial charge < -0.3 is 4.42 Å². The second-order valence-electron chi connectivity index (χ2n) is 6.06. The molecule has 118 valence electrons. The summed E-state index contributed by atoms with van der Waals surface area (Å²) in [6.45, 7) is 0.520. The van der Waals surface area contributed by atoms with Crippen LogP contribution in [0.1, 0.15) is 23.6 Å². The van der Waals surface area contributed by atoms with Crippen LogP contribution in [-0.2, 0) is 13.1 Å². The summed E-state index contributed by atoms with van der Waals surface area (Å²) < 4.78 is 7.97. The van der Waals surface area contributed by atoms with Crippen LogP contribution in [0.4, 0.5) is 0 Å². The van der Waals surface area contributed by atoms with Crippen LogP contribution in [0.15, 0.2) is 56.1 Å². The minimum Gasteiger partial charge on any atom is -0.408 e. The average molecular weight is 373 g/mol. The van der Waals surface area contributed by atoms with Crippen LogP contribution in [0.25, 0.3) is 11.1 Å². The van der Waals surface area contributed by atoms with Crippen molar-refractivity contribution in [1.29, 1.82) is 0 Å². The smallest absolute Gasteiger partial charge is 0.408 e. The van der Waals surface area contributed by atoms with Gasteiger partial charge in [0, 0.05) is 10.5 Å². The van der Waals surface area contributed by atoms with E-state index in [-0.39, 0.29) is 5.76 Å². The summed E-state index contributed by atoms with van der Waals surface area (Å²) in [7, 11) is 2.07. The predicted molar refractivity (Wildman–Crippen MR) is 93.4 cm³/mol. The topological polar surface area (TPSA) is 38.4 Å². The SMILES string of the molecule is CN(Cn1c(=O)oc2cc(Br)ccc21)C1CCc2ccccc21. The van der Waals surface area contributed by atoms with Gasteiger partial charge in [-0.3, -0.25) is 9.47 Å². The lowest BCUT2D eigenvalue weighted by molar-refractivity contribution is 0.189. The Morgan fingerprint density at radius 1 is 1.30 bits per heavy atom. The maximum Gasteiger partial charge on any atom is 0.421 e. The van der Waals surface area contributed by atoms with Crippen molar-refractivity contribution in [3.05, 3.63) is 68.6 Å². The van der Waals surface area contributed by atoms with Gasteiger partial charge in [0.1, 0.15) is 0 Å². The Labute approximate surface area is 142 Å². The molecule has 0 saturated heterocycles. The summed E-state index contributed by atoms with van der Waals surface area (Å²) in [6, 6.07) is 14.6. The minimum absolute atomic E-state index is 0.309. The van der Waals surface area contributed by atoms with Gasteiger partial charge in [0.2, 0.25) is 0 Å². The van der Waals surface area contributed by atoms with Crippen molar-refractivity contribution >= 4 is 27.0 Å². The van der Waals surface area contributed by atoms with Crippen molar-refractivity contribution in [2.75, 3.05) is 7.05 Å². The molecule has 4 rings (SSSR count). The molecule has 0 saturated carbocycles. The first-order valence-corrected chi connectivity index (χ1v) is 8.50. The lowest BCUT2D eigenvalue weighted by Crippen LogP contribution is -2.30. The highest BCUT2D eigenvalue weighted by molar-refractivity contribution is 9.10. The van der Waals surface area contributed by atoms with Crippen LogP contribution in [0.5, 0.6) is 0 Å². The van der Waals surface area contributed by atoms with E-state index in [1.807, 2.05) is 18.2 Å². The van der Waals surface area contributed by atoms with E-state index in [2.05, 4.69) is 52.1 Å². The molecule has 0 bridgehead atoms. The number of halogens is 1. The molecule has 0 amide bonds. The molecule has 1 aliphatic rings. The number of fused-ring (bicyclic) bond motifs is 2. The van der Waals surface area contributed by atoms with Crippen molar-refractivity contribution in [1.82, 2.24) is 9.47 Å². The third-order valence-corrected chi connectivity index (χ3v) is 5.12. The molecule has 1 aliphatic carbocycles. The second kappa shape index (κ2) is 5.65. The van der Waals surface area contributed by atoms with Crippen molar-refractivity contribution in [3.8, 4) is 0 Å². The van der Waals surface area contributed by atoms with Gasteiger partial charge in [0.05, 0.1) is 12.2 Å². The summed E-state index contributed by atoms with van der Waals surface area (Å²) in [5.74, 6) is -0.309. The highest BCUT2D eigenvalue weighted by Gasteiger charge is 2.26. The molecule has 0 radical (unpaired) electrons. The Balaban J connectivity index is 1.66. The Bertz CT molecular complexity index is 928. The molecule has 0 spiro atoms. The Hall–Kier alpha value is -1.85. The molecule has 1 heterocycles. The molecular weight excluding hydrogens is 356 g/mol. The monoisotopic (exact) mass is 372 g/mol. The number of rotatable bonds is 3. The van der Waals surface area contributed by atoms with E-state index in [0.717, 1.165) is 22.8 Å². The maximum absolute atomic E-state index is 12.2. The molecule has 4 nitrogen and oxygen atoms in total. The number of hydrogen-bond donors (Lipinski definition) is 0. The molecule has 0 fully saturated rings. The van der Waals surface area contributed by atoms with Gasteiger partial charge in [-0.15, -0.1) is 0 Å².